The van der Waals surface area contributed by atoms with Crippen molar-refractivity contribution in [1.29, 1.82) is 0 Å². The minimum absolute atomic E-state index is 0.0111. The van der Waals surface area contributed by atoms with E-state index >= 15 is 0 Å². The third-order valence-corrected chi connectivity index (χ3v) is 9.50. The highest BCUT2D eigenvalue weighted by Gasteiger charge is 2.52. The molecule has 46 heavy (non-hydrogen) atoms. The lowest BCUT2D eigenvalue weighted by molar-refractivity contribution is -0.158. The van der Waals surface area contributed by atoms with E-state index in [2.05, 4.69) is 23.5 Å². The van der Waals surface area contributed by atoms with Crippen LogP contribution in [-0.4, -0.2) is 69.0 Å². The lowest BCUT2D eigenvalue weighted by Gasteiger charge is -2.47. The molecule has 0 saturated carbocycles. The Bertz CT molecular complexity index is 1770. The molecule has 0 aliphatic carbocycles. The van der Waals surface area contributed by atoms with Crippen molar-refractivity contribution in [1.82, 2.24) is 25.1 Å². The fourth-order valence-electron chi connectivity index (χ4n) is 6.50. The van der Waals surface area contributed by atoms with E-state index in [-0.39, 0.29) is 43.5 Å². The molecule has 2 fully saturated rings. The van der Waals surface area contributed by atoms with Crippen LogP contribution in [0.1, 0.15) is 36.1 Å². The lowest BCUT2D eigenvalue weighted by Crippen LogP contribution is -2.66. The zero-order chi connectivity index (χ0) is 32.5. The SMILES string of the molecule is Cc1ccc(C[C@H]2C(=O)N(Cc3cccc4ccccc34)CC3N2C(=O)CN3N(C(=O)NCc2ccc(Cl)c(Cl)c2)C(C)C)cc1. The topological polar surface area (TPSA) is 76.2 Å². The highest BCUT2D eigenvalue weighted by Crippen LogP contribution is 2.32. The summed E-state index contributed by atoms with van der Waals surface area (Å²) in [5.41, 5.74) is 3.93. The molecule has 8 nitrogen and oxygen atoms in total. The number of hydrogen-bond acceptors (Lipinski definition) is 4. The predicted octanol–water partition coefficient (Wildman–Crippen LogP) is 6.41. The van der Waals surface area contributed by atoms with Crippen LogP contribution in [0.4, 0.5) is 4.79 Å². The average Bonchev–Trinajstić information content (AvgIpc) is 3.35. The van der Waals surface area contributed by atoms with E-state index < -0.39 is 12.2 Å². The summed E-state index contributed by atoms with van der Waals surface area (Å²) in [6, 6.07) is 26.2. The van der Waals surface area contributed by atoms with Crippen molar-refractivity contribution in [2.75, 3.05) is 13.1 Å². The van der Waals surface area contributed by atoms with Crippen molar-refractivity contribution in [3.05, 3.63) is 117 Å². The van der Waals surface area contributed by atoms with Crippen LogP contribution in [-0.2, 0) is 29.1 Å². The Morgan fingerprint density at radius 3 is 2.39 bits per heavy atom. The standard InChI is InChI=1S/C36H37Cl2N5O3/c1-23(2)43(36(46)39-19-26-15-16-30(37)31(38)17-26)41-22-34(44)42-32(18-25-13-11-24(3)12-14-25)35(45)40(21-33(41)42)20-28-9-6-8-27-7-4-5-10-29(27)28/h4-17,23,32-33H,18-22H2,1-3H3,(H,39,46)/t32-,33?/m0/s1. The second-order valence-corrected chi connectivity index (χ2v) is 13.1. The zero-order valence-corrected chi connectivity index (χ0v) is 27.6. The van der Waals surface area contributed by atoms with Crippen LogP contribution in [0, 0.1) is 6.92 Å². The molecule has 2 atom stereocenters. The molecule has 0 bridgehead atoms. The number of hydrogen-bond donors (Lipinski definition) is 1. The Labute approximate surface area is 279 Å². The molecule has 4 amide bonds. The van der Waals surface area contributed by atoms with Gasteiger partial charge in [-0.15, -0.1) is 0 Å². The molecule has 0 aromatic heterocycles. The summed E-state index contributed by atoms with van der Waals surface area (Å²) in [7, 11) is 0. The Balaban J connectivity index is 1.31. The van der Waals surface area contributed by atoms with Gasteiger partial charge in [-0.1, -0.05) is 102 Å². The van der Waals surface area contributed by atoms with E-state index in [9.17, 15) is 14.4 Å². The van der Waals surface area contributed by atoms with E-state index in [1.165, 1.54) is 0 Å². The second kappa shape index (κ2) is 13.3. The number of urea groups is 1. The largest absolute Gasteiger partial charge is 0.333 e. The van der Waals surface area contributed by atoms with Gasteiger partial charge in [0.1, 0.15) is 12.2 Å². The van der Waals surface area contributed by atoms with Gasteiger partial charge in [0.2, 0.25) is 11.8 Å². The molecule has 10 heteroatoms. The summed E-state index contributed by atoms with van der Waals surface area (Å²) in [5, 5.41) is 9.45. The Morgan fingerprint density at radius 1 is 0.935 bits per heavy atom. The summed E-state index contributed by atoms with van der Waals surface area (Å²) in [6.45, 7) is 6.73. The van der Waals surface area contributed by atoms with E-state index in [0.29, 0.717) is 23.0 Å². The molecular formula is C36H37Cl2N5O3. The van der Waals surface area contributed by atoms with Gasteiger partial charge in [-0.05, 0) is 60.4 Å². The number of aryl methyl sites for hydroxylation is 1. The Kier molecular flexibility index (Phi) is 9.22. The second-order valence-electron chi connectivity index (χ2n) is 12.3. The predicted molar refractivity (Wildman–Crippen MR) is 181 cm³/mol. The minimum atomic E-state index is -0.706. The van der Waals surface area contributed by atoms with Gasteiger partial charge in [-0.25, -0.2) is 4.79 Å². The molecular weight excluding hydrogens is 621 g/mol. The smallest absolute Gasteiger partial charge is 0.332 e. The van der Waals surface area contributed by atoms with Gasteiger partial charge in [0, 0.05) is 25.6 Å². The van der Waals surface area contributed by atoms with E-state index in [1.807, 2.05) is 85.3 Å². The number of rotatable bonds is 8. The first-order valence-corrected chi connectivity index (χ1v) is 16.3. The van der Waals surface area contributed by atoms with Gasteiger partial charge in [-0.3, -0.25) is 14.6 Å². The first-order valence-electron chi connectivity index (χ1n) is 15.5. The molecule has 0 radical (unpaired) electrons. The highest BCUT2D eigenvalue weighted by atomic mass is 35.5. The number of benzene rings is 4. The lowest BCUT2D eigenvalue weighted by atomic mass is 9.98. The molecule has 2 aliphatic heterocycles. The number of carbonyl (C=O) groups is 3. The number of nitrogens with one attached hydrogen (secondary N) is 1. The third-order valence-electron chi connectivity index (χ3n) is 8.76. The fourth-order valence-corrected chi connectivity index (χ4v) is 6.82. The minimum Gasteiger partial charge on any atom is -0.333 e. The molecule has 2 saturated heterocycles. The maximum absolute atomic E-state index is 14.3. The molecule has 4 aromatic carbocycles. The fraction of sp³-hybridized carbons (Fsp3) is 0.306. The molecule has 2 aliphatic rings. The van der Waals surface area contributed by atoms with E-state index in [1.54, 1.807) is 22.0 Å². The van der Waals surface area contributed by atoms with E-state index in [4.69, 9.17) is 23.2 Å². The van der Waals surface area contributed by atoms with Gasteiger partial charge in [-0.2, -0.15) is 5.01 Å². The summed E-state index contributed by atoms with van der Waals surface area (Å²) in [5.74, 6) is -0.275. The average molecular weight is 659 g/mol. The van der Waals surface area contributed by atoms with Crippen LogP contribution in [0.25, 0.3) is 10.8 Å². The first-order chi connectivity index (χ1) is 22.1. The number of amides is 4. The molecule has 0 spiro atoms. The molecule has 1 unspecified atom stereocenters. The number of fused-ring (bicyclic) bond motifs is 2. The summed E-state index contributed by atoms with van der Waals surface area (Å²) in [4.78, 5) is 45.4. The van der Waals surface area contributed by atoms with Crippen molar-refractivity contribution in [2.45, 2.75) is 58.5 Å². The van der Waals surface area contributed by atoms with Crippen molar-refractivity contribution in [3.8, 4) is 0 Å². The number of halogens is 2. The van der Waals surface area contributed by atoms with Gasteiger partial charge in [0.05, 0.1) is 23.1 Å². The Hall–Kier alpha value is -4.11. The van der Waals surface area contributed by atoms with Crippen LogP contribution in [0.2, 0.25) is 10.0 Å². The number of carbonyl (C=O) groups excluding carboxylic acids is 3. The molecule has 2 heterocycles. The van der Waals surface area contributed by atoms with Gasteiger partial charge >= 0.3 is 6.03 Å². The van der Waals surface area contributed by atoms with Gasteiger partial charge in [0.25, 0.3) is 0 Å². The normalized spacial score (nSPS) is 18.4. The Morgan fingerprint density at radius 2 is 1.65 bits per heavy atom. The number of hydrazine groups is 1. The maximum atomic E-state index is 14.3. The summed E-state index contributed by atoms with van der Waals surface area (Å²) < 4.78 is 0. The van der Waals surface area contributed by atoms with Crippen LogP contribution in [0.15, 0.2) is 84.9 Å². The zero-order valence-electron chi connectivity index (χ0n) is 26.1. The van der Waals surface area contributed by atoms with Crippen LogP contribution >= 0.6 is 23.2 Å². The summed E-state index contributed by atoms with van der Waals surface area (Å²) in [6.07, 6.45) is -0.138. The van der Waals surface area contributed by atoms with Gasteiger partial charge < -0.3 is 15.1 Å². The highest BCUT2D eigenvalue weighted by molar-refractivity contribution is 6.42. The summed E-state index contributed by atoms with van der Waals surface area (Å²) >= 11 is 12.3. The van der Waals surface area contributed by atoms with Crippen molar-refractivity contribution < 1.29 is 14.4 Å². The maximum Gasteiger partial charge on any atom is 0.332 e. The van der Waals surface area contributed by atoms with Crippen molar-refractivity contribution in [3.63, 3.8) is 0 Å². The molecule has 238 valence electrons. The quantitative estimate of drug-likeness (QED) is 0.237. The number of piperazine rings is 1. The number of nitrogens with zero attached hydrogens (tertiary/aromatic N) is 4. The van der Waals surface area contributed by atoms with Gasteiger partial charge in [0.15, 0.2) is 0 Å². The first kappa shape index (κ1) is 31.9. The molecule has 1 N–H and O–H groups in total. The molecule has 6 rings (SSSR count). The van der Waals surface area contributed by atoms with Crippen LogP contribution < -0.4 is 5.32 Å². The van der Waals surface area contributed by atoms with Crippen LogP contribution in [0.5, 0.6) is 0 Å². The third kappa shape index (κ3) is 6.43. The van der Waals surface area contributed by atoms with Crippen molar-refractivity contribution >= 4 is 51.8 Å². The van der Waals surface area contributed by atoms with E-state index in [0.717, 1.165) is 33.0 Å². The monoisotopic (exact) mass is 657 g/mol. The molecule has 4 aromatic rings. The van der Waals surface area contributed by atoms with Crippen molar-refractivity contribution in [2.24, 2.45) is 0 Å². The van der Waals surface area contributed by atoms with Crippen LogP contribution in [0.3, 0.4) is 0 Å².